The van der Waals surface area contributed by atoms with Crippen molar-refractivity contribution in [1.82, 2.24) is 0 Å². The Balaban J connectivity index is 1.42. The summed E-state index contributed by atoms with van der Waals surface area (Å²) < 4.78 is 29.6. The Hall–Kier alpha value is -5.29. The quantitative estimate of drug-likeness (QED) is 0.198. The van der Waals surface area contributed by atoms with Gasteiger partial charge in [0.15, 0.2) is 0 Å². The molecular weight excluding hydrogens is 585 g/mol. The van der Waals surface area contributed by atoms with E-state index < -0.39 is 17.6 Å². The number of amides is 3. The van der Waals surface area contributed by atoms with Gasteiger partial charge in [0.1, 0.15) is 33.7 Å². The summed E-state index contributed by atoms with van der Waals surface area (Å²) in [4.78, 5) is 42.1. The smallest absolute Gasteiger partial charge is 0.283 e. The molecule has 224 valence electrons. The number of hydrogen-bond acceptors (Lipinski definition) is 8. The van der Waals surface area contributed by atoms with Gasteiger partial charge < -0.3 is 24.8 Å². The normalized spacial score (nSPS) is 12.8. The van der Waals surface area contributed by atoms with Gasteiger partial charge in [0.2, 0.25) is 0 Å². The predicted octanol–water partition coefficient (Wildman–Crippen LogP) is 6.40. The zero-order chi connectivity index (χ0) is 31.4. The van der Waals surface area contributed by atoms with Crippen molar-refractivity contribution >= 4 is 46.5 Å². The van der Waals surface area contributed by atoms with Gasteiger partial charge in [0.05, 0.1) is 38.3 Å². The molecule has 1 heterocycles. The van der Waals surface area contributed by atoms with E-state index in [1.165, 1.54) is 45.6 Å². The van der Waals surface area contributed by atoms with E-state index in [9.17, 15) is 18.8 Å². The van der Waals surface area contributed by atoms with Gasteiger partial charge in [-0.2, -0.15) is 0 Å². The molecule has 3 amide bonds. The molecule has 0 saturated carbocycles. The maximum absolute atomic E-state index is 13.7. The van der Waals surface area contributed by atoms with Gasteiger partial charge in [0, 0.05) is 16.6 Å². The minimum atomic E-state index is -0.593. The Morgan fingerprint density at radius 1 is 0.795 bits per heavy atom. The average Bonchev–Trinajstić information content (AvgIpc) is 3.25. The molecule has 5 rings (SSSR count). The van der Waals surface area contributed by atoms with E-state index in [1.54, 1.807) is 48.5 Å². The molecule has 0 aliphatic carbocycles. The highest BCUT2D eigenvalue weighted by Crippen LogP contribution is 2.39. The molecule has 11 heteroatoms. The first-order valence-corrected chi connectivity index (χ1v) is 14.2. The van der Waals surface area contributed by atoms with Crippen molar-refractivity contribution in [2.24, 2.45) is 0 Å². The number of imide groups is 1. The number of thioether (sulfide) groups is 1. The van der Waals surface area contributed by atoms with Gasteiger partial charge in [-0.1, -0.05) is 17.8 Å². The summed E-state index contributed by atoms with van der Waals surface area (Å²) in [5, 5.41) is 5.94. The lowest BCUT2D eigenvalue weighted by atomic mass is 10.1. The number of rotatable bonds is 10. The molecule has 0 aromatic heterocycles. The number of nitrogens with zero attached hydrogens (tertiary/aromatic N) is 1. The topological polar surface area (TPSA) is 106 Å². The van der Waals surface area contributed by atoms with Crippen LogP contribution in [0.3, 0.4) is 0 Å². The largest absolute Gasteiger partial charge is 0.497 e. The molecular formula is C33H28FN3O6S. The minimum Gasteiger partial charge on any atom is -0.497 e. The maximum Gasteiger partial charge on any atom is 0.283 e. The van der Waals surface area contributed by atoms with Gasteiger partial charge in [-0.25, -0.2) is 9.29 Å². The molecule has 0 atom stereocenters. The van der Waals surface area contributed by atoms with Crippen molar-refractivity contribution in [3.05, 3.63) is 112 Å². The zero-order valence-corrected chi connectivity index (χ0v) is 25.1. The summed E-state index contributed by atoms with van der Waals surface area (Å²) in [6.07, 6.45) is 0. The van der Waals surface area contributed by atoms with Gasteiger partial charge >= 0.3 is 0 Å². The van der Waals surface area contributed by atoms with E-state index >= 15 is 0 Å². The highest BCUT2D eigenvalue weighted by atomic mass is 32.2. The molecule has 1 aliphatic heterocycles. The summed E-state index contributed by atoms with van der Waals surface area (Å²) in [7, 11) is 4.51. The molecule has 0 spiro atoms. The van der Waals surface area contributed by atoms with Crippen molar-refractivity contribution in [2.45, 2.75) is 11.8 Å². The number of nitrogens with one attached hydrogen (secondary N) is 2. The molecule has 0 fully saturated rings. The van der Waals surface area contributed by atoms with Crippen LogP contribution in [0.15, 0.2) is 100 Å². The number of carbonyl (C=O) groups excluding carboxylic acids is 3. The van der Waals surface area contributed by atoms with Crippen molar-refractivity contribution < 1.29 is 33.0 Å². The molecule has 0 saturated heterocycles. The van der Waals surface area contributed by atoms with Crippen molar-refractivity contribution in [3.8, 4) is 17.2 Å². The van der Waals surface area contributed by atoms with Crippen molar-refractivity contribution in [1.29, 1.82) is 0 Å². The maximum atomic E-state index is 13.7. The third-order valence-corrected chi connectivity index (χ3v) is 7.82. The lowest BCUT2D eigenvalue weighted by Crippen LogP contribution is -2.32. The molecule has 44 heavy (non-hydrogen) atoms. The Labute approximate surface area is 257 Å². The standard InChI is InChI=1S/C33H28FN3O6S/c1-19-5-16-27(42-3)26(17-19)36-29-30(33(40)37(32(29)39)22-10-6-20(34)7-11-22)44-24-13-8-21(9-14-24)35-31(38)25-15-12-23(41-2)18-28(25)43-4/h5-18,36H,1-4H3,(H,35,38). The van der Waals surface area contributed by atoms with Crippen LogP contribution in [0.4, 0.5) is 21.5 Å². The Morgan fingerprint density at radius 3 is 2.16 bits per heavy atom. The average molecular weight is 614 g/mol. The fourth-order valence-electron chi connectivity index (χ4n) is 4.50. The van der Waals surface area contributed by atoms with E-state index in [2.05, 4.69) is 10.6 Å². The lowest BCUT2D eigenvalue weighted by molar-refractivity contribution is -0.120. The summed E-state index contributed by atoms with van der Waals surface area (Å²) in [5.74, 6) is -0.618. The summed E-state index contributed by atoms with van der Waals surface area (Å²) in [6.45, 7) is 1.90. The number of methoxy groups -OCH3 is 3. The highest BCUT2D eigenvalue weighted by Gasteiger charge is 2.40. The molecule has 4 aromatic carbocycles. The minimum absolute atomic E-state index is 0.0530. The first-order valence-electron chi connectivity index (χ1n) is 13.3. The molecule has 0 bridgehead atoms. The Kier molecular flexibility index (Phi) is 8.86. The summed E-state index contributed by atoms with van der Waals surface area (Å²) >= 11 is 1.09. The second kappa shape index (κ2) is 12.9. The number of hydrogen-bond donors (Lipinski definition) is 2. The van der Waals surface area contributed by atoms with Gasteiger partial charge in [-0.3, -0.25) is 14.4 Å². The predicted molar refractivity (Wildman–Crippen MR) is 167 cm³/mol. The molecule has 1 aliphatic rings. The zero-order valence-electron chi connectivity index (χ0n) is 24.3. The second-order valence-corrected chi connectivity index (χ2v) is 10.7. The van der Waals surface area contributed by atoms with E-state index in [0.29, 0.717) is 39.1 Å². The number of anilines is 3. The lowest BCUT2D eigenvalue weighted by Gasteiger charge is -2.16. The fourth-order valence-corrected chi connectivity index (χ4v) is 5.43. The highest BCUT2D eigenvalue weighted by molar-refractivity contribution is 8.04. The van der Waals surface area contributed by atoms with Crippen LogP contribution in [0, 0.1) is 12.7 Å². The Bertz CT molecular complexity index is 1770. The van der Waals surface area contributed by atoms with Crippen LogP contribution in [0.25, 0.3) is 0 Å². The van der Waals surface area contributed by atoms with Gasteiger partial charge in [0.25, 0.3) is 17.7 Å². The second-order valence-electron chi connectivity index (χ2n) is 9.60. The SMILES string of the molecule is COc1ccc(C(=O)Nc2ccc(SC3=C(Nc4cc(C)ccc4OC)C(=O)N(c4ccc(F)cc4)C3=O)cc2)c(OC)c1. The van der Waals surface area contributed by atoms with Crippen molar-refractivity contribution in [2.75, 3.05) is 36.9 Å². The third kappa shape index (κ3) is 6.23. The number of carbonyl (C=O) groups is 3. The Morgan fingerprint density at radius 2 is 1.50 bits per heavy atom. The number of aryl methyl sites for hydroxylation is 1. The van der Waals surface area contributed by atoms with Crippen LogP contribution >= 0.6 is 11.8 Å². The first kappa shape index (κ1) is 30.2. The van der Waals surface area contributed by atoms with E-state index in [4.69, 9.17) is 14.2 Å². The van der Waals surface area contributed by atoms with E-state index in [0.717, 1.165) is 22.2 Å². The number of ether oxygens (including phenoxy) is 3. The third-order valence-electron chi connectivity index (χ3n) is 6.73. The van der Waals surface area contributed by atoms with Gasteiger partial charge in [-0.05, 0) is 85.3 Å². The van der Waals surface area contributed by atoms with Crippen LogP contribution in [0.5, 0.6) is 17.2 Å². The molecule has 4 aromatic rings. The van der Waals surface area contributed by atoms with Gasteiger partial charge in [-0.15, -0.1) is 0 Å². The van der Waals surface area contributed by atoms with Crippen LogP contribution in [-0.2, 0) is 9.59 Å². The summed E-state index contributed by atoms with van der Waals surface area (Å²) in [6, 6.07) is 22.3. The fraction of sp³-hybridized carbons (Fsp3) is 0.121. The van der Waals surface area contributed by atoms with Crippen LogP contribution < -0.4 is 29.7 Å². The van der Waals surface area contributed by atoms with Crippen LogP contribution in [-0.4, -0.2) is 39.1 Å². The molecule has 2 N–H and O–H groups in total. The van der Waals surface area contributed by atoms with Crippen molar-refractivity contribution in [3.63, 3.8) is 0 Å². The molecule has 9 nitrogen and oxygen atoms in total. The number of halogens is 1. The van der Waals surface area contributed by atoms with Crippen LogP contribution in [0.1, 0.15) is 15.9 Å². The summed E-state index contributed by atoms with van der Waals surface area (Å²) in [5.41, 5.74) is 2.55. The van der Waals surface area contributed by atoms with Crippen LogP contribution in [0.2, 0.25) is 0 Å². The molecule has 0 unspecified atom stereocenters. The number of benzene rings is 4. The first-order chi connectivity index (χ1) is 21.2. The van der Waals surface area contributed by atoms with E-state index in [-0.39, 0.29) is 22.2 Å². The monoisotopic (exact) mass is 613 g/mol. The van der Waals surface area contributed by atoms with E-state index in [1.807, 2.05) is 19.1 Å². The molecule has 0 radical (unpaired) electrons.